The van der Waals surface area contributed by atoms with Gasteiger partial charge < -0.3 is 36.9 Å². The van der Waals surface area contributed by atoms with E-state index in [1.807, 2.05) is 13.0 Å². The number of hydrogen-bond donors (Lipinski definition) is 5. The average Bonchev–Trinajstić information content (AvgIpc) is 3.50. The number of hydrogen-bond acceptors (Lipinski definition) is 9. The highest BCUT2D eigenvalue weighted by Crippen LogP contribution is 2.29. The molecule has 0 aliphatic rings. The van der Waals surface area contributed by atoms with Crippen LogP contribution in [0.3, 0.4) is 0 Å². The first-order chi connectivity index (χ1) is 20.8. The Labute approximate surface area is 259 Å². The topological polar surface area (TPSA) is 187 Å². The lowest BCUT2D eigenvalue weighted by Gasteiger charge is -2.24. The van der Waals surface area contributed by atoms with Crippen LogP contribution in [-0.2, 0) is 4.74 Å². The first-order valence-electron chi connectivity index (χ1n) is 13.6. The van der Waals surface area contributed by atoms with Crippen LogP contribution in [0.5, 0.6) is 5.75 Å². The Morgan fingerprint density at radius 2 is 1.89 bits per heavy atom. The summed E-state index contributed by atoms with van der Waals surface area (Å²) in [4.78, 5) is 29.6. The molecule has 0 atom stereocenters. The maximum atomic E-state index is 12.8. The Morgan fingerprint density at radius 3 is 2.43 bits per heavy atom. The fourth-order valence-electron chi connectivity index (χ4n) is 3.84. The van der Waals surface area contributed by atoms with Gasteiger partial charge in [-0.05, 0) is 56.2 Å². The van der Waals surface area contributed by atoms with Crippen LogP contribution in [0.2, 0.25) is 0 Å². The number of carbonyl (C=O) groups excluding carboxylic acids is 2. The highest BCUT2D eigenvalue weighted by Gasteiger charge is 2.27. The summed E-state index contributed by atoms with van der Waals surface area (Å²) in [5, 5.41) is 9.64. The number of aromatic nitrogens is 3. The number of terminal acetylenes is 1. The van der Waals surface area contributed by atoms with E-state index in [1.54, 1.807) is 12.3 Å². The van der Waals surface area contributed by atoms with Crippen molar-refractivity contribution in [3.05, 3.63) is 54.4 Å². The second-order valence-electron chi connectivity index (χ2n) is 9.53. The van der Waals surface area contributed by atoms with Gasteiger partial charge in [-0.25, -0.2) is 9.78 Å². The summed E-state index contributed by atoms with van der Waals surface area (Å²) in [6.45, 7) is 5.84. The van der Waals surface area contributed by atoms with Crippen molar-refractivity contribution in [1.82, 2.24) is 15.2 Å². The summed E-state index contributed by atoms with van der Waals surface area (Å²) in [6, 6.07) is 9.00. The Morgan fingerprint density at radius 1 is 1.18 bits per heavy atom. The van der Waals surface area contributed by atoms with Crippen LogP contribution < -0.4 is 32.2 Å². The number of benzene rings is 1. The molecule has 3 aromatic rings. The molecule has 0 saturated heterocycles. The molecule has 0 fully saturated rings. The van der Waals surface area contributed by atoms with Crippen LogP contribution in [-0.4, -0.2) is 58.1 Å². The van der Waals surface area contributed by atoms with Gasteiger partial charge in [0.05, 0.1) is 23.5 Å². The lowest BCUT2D eigenvalue weighted by atomic mass is 10.0. The Balaban J connectivity index is 0.000000439. The molecule has 1 aromatic carbocycles. The number of ether oxygens (including phenoxy) is 2. The predicted octanol–water partition coefficient (Wildman–Crippen LogP) is 4.63. The summed E-state index contributed by atoms with van der Waals surface area (Å²) in [6.07, 6.45) is 9.66. The quantitative estimate of drug-likeness (QED) is 0.0957. The van der Waals surface area contributed by atoms with Crippen LogP contribution in [0.4, 0.5) is 25.1 Å². The number of nitrogens with zero attached hydrogens (tertiary/aromatic N) is 3. The second-order valence-corrected chi connectivity index (χ2v) is 9.97. The zero-order chi connectivity index (χ0) is 32.8. The third-order valence-electron chi connectivity index (χ3n) is 5.99. The number of amides is 2. The van der Waals surface area contributed by atoms with Crippen molar-refractivity contribution in [2.75, 3.05) is 29.9 Å². The molecular weight excluding hydrogens is 598 g/mol. The fourth-order valence-corrected chi connectivity index (χ4v) is 3.93. The molecule has 0 unspecified atom stereocenters. The van der Waals surface area contributed by atoms with E-state index < -0.39 is 23.2 Å². The minimum absolute atomic E-state index is 0.118. The third kappa shape index (κ3) is 12.4. The Kier molecular flexibility index (Phi) is 13.8. The van der Waals surface area contributed by atoms with Gasteiger partial charge in [0.2, 0.25) is 0 Å². The first kappa shape index (κ1) is 35.7. The molecule has 0 aliphatic carbocycles. The number of pyridine rings is 1. The van der Waals surface area contributed by atoms with Crippen molar-refractivity contribution in [2.45, 2.75) is 50.8 Å². The molecule has 0 spiro atoms. The summed E-state index contributed by atoms with van der Waals surface area (Å²) in [5.41, 5.74) is 13.6. The lowest BCUT2D eigenvalue weighted by molar-refractivity contribution is -0.0964. The van der Waals surface area contributed by atoms with Gasteiger partial charge in [-0.15, -0.1) is 21.1 Å². The largest absolute Gasteiger partial charge is 0.487 e. The summed E-state index contributed by atoms with van der Waals surface area (Å²) >= 11 is 4.75. The zero-order valence-electron chi connectivity index (χ0n) is 24.5. The minimum Gasteiger partial charge on any atom is -0.450 e. The standard InChI is InChI=1S/C21H22ClF2N5O2.C8H15N3O2/c1-3-11-29(4-2)19-17(18-9-10-26-28-18)12-14(13-25-19)20(30)27-15-5-7-16(8-6-15)31-21(22,23)24;1-2-3-4-8(10,11)5-6-13-7(9)12/h5-10,12-13H,3-4,11H2,1-2H3,(H,26,28)(H,27,30);1H,3-6,10-11H2,(H2,9,12). The van der Waals surface area contributed by atoms with Crippen molar-refractivity contribution < 1.29 is 27.8 Å². The maximum Gasteiger partial charge on any atom is 0.487 e. The molecule has 0 bridgehead atoms. The molecule has 12 nitrogen and oxygen atoms in total. The van der Waals surface area contributed by atoms with Crippen LogP contribution in [0, 0.1) is 12.3 Å². The van der Waals surface area contributed by atoms with Gasteiger partial charge in [0.25, 0.3) is 5.91 Å². The number of anilines is 2. The minimum atomic E-state index is -3.80. The molecule has 0 saturated carbocycles. The van der Waals surface area contributed by atoms with E-state index >= 15 is 0 Å². The van der Waals surface area contributed by atoms with Crippen LogP contribution in [0.15, 0.2) is 48.8 Å². The first-order valence-corrected chi connectivity index (χ1v) is 14.0. The molecule has 3 rings (SSSR count). The number of alkyl halides is 3. The SMILES string of the molecule is C#CCCC(N)(N)CCOC(N)=O.CCCN(CC)c1ncc(C(=O)Nc2ccc(OC(F)(F)Cl)cc2)cc1-c1ccn[nH]1. The molecule has 2 aromatic heterocycles. The van der Waals surface area contributed by atoms with Gasteiger partial charge in [0.1, 0.15) is 11.6 Å². The van der Waals surface area contributed by atoms with Crippen molar-refractivity contribution in [1.29, 1.82) is 0 Å². The molecule has 15 heteroatoms. The highest BCUT2D eigenvalue weighted by atomic mass is 35.5. The van der Waals surface area contributed by atoms with Crippen LogP contribution >= 0.6 is 11.6 Å². The summed E-state index contributed by atoms with van der Waals surface area (Å²) < 4.78 is 34.2. The van der Waals surface area contributed by atoms with Gasteiger partial charge in [-0.2, -0.15) is 5.10 Å². The van der Waals surface area contributed by atoms with Crippen LogP contribution in [0.25, 0.3) is 11.3 Å². The third-order valence-corrected chi connectivity index (χ3v) is 6.06. The fraction of sp³-hybridized carbons (Fsp3) is 0.379. The number of halogens is 3. The number of rotatable bonds is 14. The highest BCUT2D eigenvalue weighted by molar-refractivity contribution is 6.20. The zero-order valence-corrected chi connectivity index (χ0v) is 25.2. The van der Waals surface area contributed by atoms with E-state index in [1.165, 1.54) is 30.5 Å². The number of H-pyrrole nitrogens is 1. The van der Waals surface area contributed by atoms with E-state index in [0.29, 0.717) is 30.5 Å². The molecule has 2 heterocycles. The maximum absolute atomic E-state index is 12.8. The number of aromatic amines is 1. The number of nitrogens with one attached hydrogen (secondary N) is 2. The molecule has 0 radical (unpaired) electrons. The molecule has 0 aliphatic heterocycles. The molecule has 2 amide bonds. The van der Waals surface area contributed by atoms with E-state index in [-0.39, 0.29) is 12.4 Å². The van der Waals surface area contributed by atoms with Gasteiger partial charge in [0.15, 0.2) is 0 Å². The molecule has 238 valence electrons. The monoisotopic (exact) mass is 634 g/mol. The van der Waals surface area contributed by atoms with E-state index in [4.69, 9.17) is 35.2 Å². The lowest BCUT2D eigenvalue weighted by Crippen LogP contribution is -2.50. The average molecular weight is 635 g/mol. The van der Waals surface area contributed by atoms with E-state index in [9.17, 15) is 18.4 Å². The summed E-state index contributed by atoms with van der Waals surface area (Å²) in [7, 11) is 0. The number of carbonyl (C=O) groups is 2. The number of nitrogens with two attached hydrogens (primary N) is 3. The smallest absolute Gasteiger partial charge is 0.450 e. The van der Waals surface area contributed by atoms with Crippen molar-refractivity contribution >= 4 is 35.1 Å². The Bertz CT molecular complexity index is 1380. The van der Waals surface area contributed by atoms with Crippen molar-refractivity contribution in [3.63, 3.8) is 0 Å². The van der Waals surface area contributed by atoms with Gasteiger partial charge >= 0.3 is 11.7 Å². The molecular formula is C29H37ClF2N8O4. The van der Waals surface area contributed by atoms with E-state index in [0.717, 1.165) is 36.6 Å². The summed E-state index contributed by atoms with van der Waals surface area (Å²) in [5.74, 6) is 2.67. The number of primary amides is 1. The van der Waals surface area contributed by atoms with Gasteiger partial charge in [-0.3, -0.25) is 9.89 Å². The molecule has 44 heavy (non-hydrogen) atoms. The second kappa shape index (κ2) is 17.0. The molecule has 8 N–H and O–H groups in total. The Hall–Kier alpha value is -4.45. The van der Waals surface area contributed by atoms with Crippen LogP contribution in [0.1, 0.15) is 49.9 Å². The van der Waals surface area contributed by atoms with E-state index in [2.05, 4.69) is 47.7 Å². The van der Waals surface area contributed by atoms with Gasteiger partial charge in [0, 0.05) is 61.2 Å². The van der Waals surface area contributed by atoms with Crippen molar-refractivity contribution in [2.24, 2.45) is 17.2 Å². The predicted molar refractivity (Wildman–Crippen MR) is 165 cm³/mol. The van der Waals surface area contributed by atoms with Crippen molar-refractivity contribution in [3.8, 4) is 29.4 Å². The normalized spacial score (nSPS) is 11.0. The van der Waals surface area contributed by atoms with Gasteiger partial charge in [-0.1, -0.05) is 6.92 Å².